The summed E-state index contributed by atoms with van der Waals surface area (Å²) >= 11 is 25.5. The fraction of sp³-hybridized carbons (Fsp3) is 0.318. The fourth-order valence-corrected chi connectivity index (χ4v) is 5.93. The minimum absolute atomic E-state index is 0.0616. The van der Waals surface area contributed by atoms with Crippen LogP contribution < -0.4 is 0 Å². The molecule has 0 radical (unpaired) electrons. The monoisotopic (exact) mass is 620 g/mol. The maximum atomic E-state index is 13.5. The van der Waals surface area contributed by atoms with E-state index in [9.17, 15) is 14.4 Å². The smallest absolute Gasteiger partial charge is 0.272 e. The molecule has 1 saturated heterocycles. The van der Waals surface area contributed by atoms with Gasteiger partial charge >= 0.3 is 0 Å². The van der Waals surface area contributed by atoms with Gasteiger partial charge in [0.1, 0.15) is 0 Å². The summed E-state index contributed by atoms with van der Waals surface area (Å²) in [6.45, 7) is -0.0656. The van der Waals surface area contributed by atoms with Crippen LogP contribution in [0.5, 0.6) is 0 Å². The Morgan fingerprint density at radius 3 is 1.97 bits per heavy atom. The van der Waals surface area contributed by atoms with Crippen LogP contribution in [0.15, 0.2) is 42.5 Å². The van der Waals surface area contributed by atoms with Crippen molar-refractivity contribution in [2.45, 2.75) is 29.0 Å². The molecular formula is C22H17Br2Cl3N2O3. The Bertz CT molecular complexity index is 1050. The average molecular weight is 624 g/mol. The van der Waals surface area contributed by atoms with Crippen LogP contribution in [0, 0.1) is 11.8 Å². The first-order valence-electron chi connectivity index (χ1n) is 9.84. The quantitative estimate of drug-likeness (QED) is 0.305. The van der Waals surface area contributed by atoms with E-state index in [2.05, 4.69) is 31.9 Å². The van der Waals surface area contributed by atoms with Crippen LogP contribution in [0.3, 0.4) is 0 Å². The van der Waals surface area contributed by atoms with Crippen molar-refractivity contribution in [2.24, 2.45) is 11.8 Å². The van der Waals surface area contributed by atoms with E-state index in [0.717, 1.165) is 5.01 Å². The number of nitrogens with zero attached hydrogens (tertiary/aromatic N) is 2. The number of hydrazine groups is 1. The van der Waals surface area contributed by atoms with Crippen molar-refractivity contribution in [1.82, 2.24) is 10.0 Å². The lowest BCUT2D eigenvalue weighted by atomic mass is 9.81. The number of fused-ring (bicyclic) bond motifs is 1. The highest BCUT2D eigenvalue weighted by atomic mass is 79.9. The third kappa shape index (κ3) is 4.60. The molecule has 0 unspecified atom stereocenters. The molecule has 5 nitrogen and oxygen atoms in total. The standard InChI is InChI=1S/C22H17Br2Cl3N2O3/c23-17-8-15-16(9-18(17)24)22(32)29(21(15)31)28(10-12-3-6-14(26)7-19(12)27)20(30)11-1-4-13(25)5-2-11/h1-7,15-18H,8-10H2/t15-,16-,17+,18+/m1/s1. The van der Waals surface area contributed by atoms with Crippen molar-refractivity contribution in [1.29, 1.82) is 0 Å². The Labute approximate surface area is 217 Å². The lowest BCUT2D eigenvalue weighted by molar-refractivity contribution is -0.155. The summed E-state index contributed by atoms with van der Waals surface area (Å²) in [5.74, 6) is -2.23. The van der Waals surface area contributed by atoms with E-state index < -0.39 is 17.7 Å². The number of imide groups is 1. The molecular weight excluding hydrogens is 606 g/mol. The van der Waals surface area contributed by atoms with Gasteiger partial charge in [0.15, 0.2) is 0 Å². The molecule has 0 N–H and O–H groups in total. The van der Waals surface area contributed by atoms with Gasteiger partial charge in [0.05, 0.1) is 18.4 Å². The minimum Gasteiger partial charge on any atom is -0.272 e. The van der Waals surface area contributed by atoms with E-state index in [4.69, 9.17) is 34.8 Å². The number of benzene rings is 2. The number of carbonyl (C=O) groups is 3. The summed E-state index contributed by atoms with van der Waals surface area (Å²) in [7, 11) is 0. The summed E-state index contributed by atoms with van der Waals surface area (Å²) in [4.78, 5) is 40.3. The Morgan fingerprint density at radius 2 is 1.44 bits per heavy atom. The van der Waals surface area contributed by atoms with E-state index in [0.29, 0.717) is 39.0 Å². The summed E-state index contributed by atoms with van der Waals surface area (Å²) in [6.07, 6.45) is 1.01. The number of hydrogen-bond acceptors (Lipinski definition) is 3. The molecule has 2 fully saturated rings. The zero-order valence-corrected chi connectivity index (χ0v) is 21.9. The van der Waals surface area contributed by atoms with E-state index >= 15 is 0 Å². The highest BCUT2D eigenvalue weighted by Gasteiger charge is 2.54. The van der Waals surface area contributed by atoms with Crippen LogP contribution in [0.1, 0.15) is 28.8 Å². The Balaban J connectivity index is 1.73. The largest absolute Gasteiger partial charge is 0.273 e. The van der Waals surface area contributed by atoms with E-state index in [1.54, 1.807) is 42.5 Å². The number of amides is 3. The van der Waals surface area contributed by atoms with Crippen molar-refractivity contribution in [3.63, 3.8) is 0 Å². The van der Waals surface area contributed by atoms with Gasteiger partial charge in [0, 0.05) is 30.3 Å². The van der Waals surface area contributed by atoms with Crippen LogP contribution >= 0.6 is 66.7 Å². The molecule has 0 bridgehead atoms. The van der Waals surface area contributed by atoms with Crippen LogP contribution in [-0.4, -0.2) is 37.4 Å². The van der Waals surface area contributed by atoms with Gasteiger partial charge in [-0.3, -0.25) is 14.4 Å². The second kappa shape index (κ2) is 9.63. The second-order valence-electron chi connectivity index (χ2n) is 7.81. The van der Waals surface area contributed by atoms with Gasteiger partial charge in [-0.05, 0) is 54.8 Å². The molecule has 2 aromatic carbocycles. The molecule has 2 aliphatic rings. The predicted octanol–water partition coefficient (Wildman–Crippen LogP) is 6.13. The van der Waals surface area contributed by atoms with Crippen LogP contribution in [-0.2, 0) is 16.1 Å². The highest BCUT2D eigenvalue weighted by Crippen LogP contribution is 2.44. The lowest BCUT2D eigenvalue weighted by Crippen LogP contribution is -2.49. The topological polar surface area (TPSA) is 57.7 Å². The first-order valence-corrected chi connectivity index (χ1v) is 12.8. The van der Waals surface area contributed by atoms with E-state index in [-0.39, 0.29) is 28.0 Å². The number of rotatable bonds is 4. The Morgan fingerprint density at radius 1 is 0.906 bits per heavy atom. The molecule has 1 aliphatic carbocycles. The molecule has 4 atom stereocenters. The maximum absolute atomic E-state index is 13.5. The van der Waals surface area contributed by atoms with Crippen LogP contribution in [0.2, 0.25) is 15.1 Å². The highest BCUT2D eigenvalue weighted by molar-refractivity contribution is 9.12. The molecule has 2 aromatic rings. The van der Waals surface area contributed by atoms with Crippen molar-refractivity contribution < 1.29 is 14.4 Å². The van der Waals surface area contributed by atoms with Crippen molar-refractivity contribution in [3.05, 3.63) is 68.7 Å². The molecule has 10 heteroatoms. The molecule has 168 valence electrons. The normalized spacial score (nSPS) is 25.1. The Hall–Kier alpha value is -1.12. The van der Waals surface area contributed by atoms with Gasteiger partial charge in [-0.2, -0.15) is 5.01 Å². The van der Waals surface area contributed by atoms with Crippen molar-refractivity contribution in [2.75, 3.05) is 0 Å². The second-order valence-corrected chi connectivity index (χ2v) is 11.4. The number of halogens is 5. The molecule has 4 rings (SSSR count). The van der Waals surface area contributed by atoms with Gasteiger partial charge in [-0.15, -0.1) is 0 Å². The number of carbonyl (C=O) groups excluding carboxylic acids is 3. The van der Waals surface area contributed by atoms with E-state index in [1.165, 1.54) is 5.01 Å². The SMILES string of the molecule is O=C(c1ccc(Cl)cc1)N(Cc1ccc(Cl)cc1Cl)N1C(=O)[C@@H]2C[C@H](Br)[C@@H](Br)C[C@H]2C1=O. The molecule has 32 heavy (non-hydrogen) atoms. The zero-order valence-electron chi connectivity index (χ0n) is 16.5. The summed E-state index contributed by atoms with van der Waals surface area (Å²) < 4.78 is 0. The summed E-state index contributed by atoms with van der Waals surface area (Å²) in [5, 5.41) is 3.43. The van der Waals surface area contributed by atoms with Gasteiger partial charge in [0.2, 0.25) is 0 Å². The fourth-order valence-electron chi connectivity index (χ4n) is 4.10. The minimum atomic E-state index is -0.501. The lowest BCUT2D eigenvalue weighted by Gasteiger charge is -2.31. The van der Waals surface area contributed by atoms with Crippen LogP contribution in [0.25, 0.3) is 0 Å². The predicted molar refractivity (Wildman–Crippen MR) is 131 cm³/mol. The Kier molecular flexibility index (Phi) is 7.23. The third-order valence-electron chi connectivity index (χ3n) is 5.79. The molecule has 1 heterocycles. The number of alkyl halides is 2. The molecule has 1 aliphatic heterocycles. The van der Waals surface area contributed by atoms with Gasteiger partial charge in [-0.1, -0.05) is 72.7 Å². The van der Waals surface area contributed by atoms with Gasteiger partial charge in [0.25, 0.3) is 17.7 Å². The molecule has 3 amide bonds. The van der Waals surface area contributed by atoms with Crippen molar-refractivity contribution in [3.8, 4) is 0 Å². The van der Waals surface area contributed by atoms with Crippen LogP contribution in [0.4, 0.5) is 0 Å². The first kappa shape index (κ1) is 24.0. The summed E-state index contributed by atoms with van der Waals surface area (Å²) in [6, 6.07) is 11.2. The molecule has 0 spiro atoms. The van der Waals surface area contributed by atoms with Gasteiger partial charge in [-0.25, -0.2) is 5.01 Å². The molecule has 0 aromatic heterocycles. The summed E-state index contributed by atoms with van der Waals surface area (Å²) in [5.41, 5.74) is 0.859. The number of hydrogen-bond donors (Lipinski definition) is 0. The van der Waals surface area contributed by atoms with Gasteiger partial charge < -0.3 is 0 Å². The van der Waals surface area contributed by atoms with E-state index in [1.807, 2.05) is 0 Å². The van der Waals surface area contributed by atoms with Crippen molar-refractivity contribution >= 4 is 84.4 Å². The third-order valence-corrected chi connectivity index (χ3v) is 9.36. The zero-order chi connectivity index (χ0) is 23.2. The maximum Gasteiger partial charge on any atom is 0.273 e. The average Bonchev–Trinajstić information content (AvgIpc) is 2.98. The first-order chi connectivity index (χ1) is 15.2. The molecule has 1 saturated carbocycles.